The van der Waals surface area contributed by atoms with Gasteiger partial charge in [0.25, 0.3) is 0 Å². The number of rotatable bonds is 1. The molecule has 0 amide bonds. The number of aromatic amines is 1. The molecular weight excluding hydrogens is 288 g/mol. The summed E-state index contributed by atoms with van der Waals surface area (Å²) in [5.74, 6) is 0.827. The molecule has 3 aromatic heterocycles. The summed E-state index contributed by atoms with van der Waals surface area (Å²) in [6, 6.07) is 11.4. The van der Waals surface area contributed by atoms with E-state index in [0.29, 0.717) is 5.65 Å². The van der Waals surface area contributed by atoms with E-state index < -0.39 is 0 Å². The van der Waals surface area contributed by atoms with Crippen LogP contribution >= 0.6 is 0 Å². The van der Waals surface area contributed by atoms with E-state index in [2.05, 4.69) is 23.0 Å². The molecule has 0 unspecified atom stereocenters. The molecule has 0 saturated carbocycles. The topological polar surface area (TPSA) is 63.0 Å². The Morgan fingerprint density at radius 3 is 2.48 bits per heavy atom. The zero-order valence-corrected chi connectivity index (χ0v) is 13.2. The highest BCUT2D eigenvalue weighted by Gasteiger charge is 2.17. The Hall–Kier alpha value is -2.95. The van der Waals surface area contributed by atoms with Gasteiger partial charge >= 0.3 is 0 Å². The highest BCUT2D eigenvalue weighted by atomic mass is 16.1. The lowest BCUT2D eigenvalue weighted by Gasteiger charge is -2.09. The zero-order valence-electron chi connectivity index (χ0n) is 13.2. The third-order valence-electron chi connectivity index (χ3n) is 4.17. The van der Waals surface area contributed by atoms with Crippen molar-refractivity contribution in [1.82, 2.24) is 19.4 Å². The Morgan fingerprint density at radius 1 is 0.957 bits per heavy atom. The number of aromatic nitrogens is 4. The molecule has 114 valence electrons. The van der Waals surface area contributed by atoms with E-state index in [-0.39, 0.29) is 5.56 Å². The molecule has 0 aliphatic heterocycles. The van der Waals surface area contributed by atoms with E-state index in [1.165, 1.54) is 6.07 Å². The monoisotopic (exact) mass is 304 g/mol. The average Bonchev–Trinajstić information content (AvgIpc) is 2.87. The summed E-state index contributed by atoms with van der Waals surface area (Å²) >= 11 is 0. The normalized spacial score (nSPS) is 11.4. The van der Waals surface area contributed by atoms with E-state index in [4.69, 9.17) is 4.98 Å². The van der Waals surface area contributed by atoms with Crippen LogP contribution in [0.25, 0.3) is 28.1 Å². The van der Waals surface area contributed by atoms with Crippen LogP contribution in [0.1, 0.15) is 17.0 Å². The van der Waals surface area contributed by atoms with Crippen molar-refractivity contribution in [3.05, 3.63) is 63.7 Å². The number of nitrogens with one attached hydrogen (secondary N) is 1. The Kier molecular flexibility index (Phi) is 2.84. The molecule has 4 aromatic rings. The van der Waals surface area contributed by atoms with Crippen molar-refractivity contribution in [1.29, 1.82) is 0 Å². The van der Waals surface area contributed by atoms with Crippen LogP contribution in [0.15, 0.2) is 41.2 Å². The quantitative estimate of drug-likeness (QED) is 0.587. The Balaban J connectivity index is 2.26. The van der Waals surface area contributed by atoms with Gasteiger partial charge in [-0.05, 0) is 32.4 Å². The van der Waals surface area contributed by atoms with Gasteiger partial charge in [-0.25, -0.2) is 9.97 Å². The van der Waals surface area contributed by atoms with Crippen LogP contribution in [0, 0.1) is 20.8 Å². The molecule has 0 fully saturated rings. The molecular formula is C18H16N4O. The van der Waals surface area contributed by atoms with Crippen molar-refractivity contribution >= 4 is 16.7 Å². The van der Waals surface area contributed by atoms with Gasteiger partial charge in [0.05, 0.1) is 16.9 Å². The van der Waals surface area contributed by atoms with Crippen molar-refractivity contribution < 1.29 is 0 Å². The predicted octanol–water partition coefficient (Wildman–Crippen LogP) is 3.16. The number of fused-ring (bicyclic) bond motifs is 3. The standard InChI is InChI=1S/C18H16N4O/c1-10-6-4-5-7-13(10)17-20-12(3)16-11(2)19-14-8-9-15(23)21-18(14)22(16)17/h4-9H,1-3H3,(H,21,23). The van der Waals surface area contributed by atoms with Crippen LogP contribution in [-0.4, -0.2) is 19.4 Å². The minimum atomic E-state index is -0.147. The largest absolute Gasteiger partial charge is 0.306 e. The second-order valence-electron chi connectivity index (χ2n) is 5.77. The highest BCUT2D eigenvalue weighted by Crippen LogP contribution is 2.28. The molecule has 0 saturated heterocycles. The first-order chi connectivity index (χ1) is 11.1. The fourth-order valence-corrected chi connectivity index (χ4v) is 3.13. The van der Waals surface area contributed by atoms with Crippen molar-refractivity contribution in [2.24, 2.45) is 0 Å². The van der Waals surface area contributed by atoms with Crippen molar-refractivity contribution in [2.45, 2.75) is 20.8 Å². The van der Waals surface area contributed by atoms with Gasteiger partial charge in [-0.3, -0.25) is 9.20 Å². The summed E-state index contributed by atoms with van der Waals surface area (Å²) in [4.78, 5) is 24.1. The SMILES string of the molecule is Cc1ccccc1-c1nc(C)c2c(C)nc3ccc(=O)[nH]c3n12. The molecule has 0 bridgehead atoms. The average molecular weight is 304 g/mol. The number of hydrogen-bond acceptors (Lipinski definition) is 3. The lowest BCUT2D eigenvalue weighted by atomic mass is 10.1. The minimum absolute atomic E-state index is 0.147. The molecule has 3 heterocycles. The molecule has 0 spiro atoms. The van der Waals surface area contributed by atoms with E-state index in [0.717, 1.165) is 39.4 Å². The van der Waals surface area contributed by atoms with Gasteiger partial charge in [0.15, 0.2) is 0 Å². The number of benzene rings is 1. The highest BCUT2D eigenvalue weighted by molar-refractivity contribution is 5.81. The fraction of sp³-hybridized carbons (Fsp3) is 0.167. The molecule has 1 aromatic carbocycles. The van der Waals surface area contributed by atoms with E-state index in [1.54, 1.807) is 6.07 Å². The minimum Gasteiger partial charge on any atom is -0.306 e. The summed E-state index contributed by atoms with van der Waals surface area (Å²) in [5, 5.41) is 0. The maximum absolute atomic E-state index is 11.8. The number of nitrogens with zero attached hydrogens (tertiary/aromatic N) is 3. The molecule has 1 N–H and O–H groups in total. The van der Waals surface area contributed by atoms with Crippen LogP contribution in [-0.2, 0) is 0 Å². The smallest absolute Gasteiger partial charge is 0.249 e. The maximum Gasteiger partial charge on any atom is 0.249 e. The van der Waals surface area contributed by atoms with Gasteiger partial charge in [-0.15, -0.1) is 0 Å². The van der Waals surface area contributed by atoms with Crippen molar-refractivity contribution in [2.75, 3.05) is 0 Å². The van der Waals surface area contributed by atoms with E-state index >= 15 is 0 Å². The Labute approximate surface area is 132 Å². The molecule has 4 rings (SSSR count). The Morgan fingerprint density at radius 2 is 1.70 bits per heavy atom. The first-order valence-electron chi connectivity index (χ1n) is 7.51. The first-order valence-corrected chi connectivity index (χ1v) is 7.51. The summed E-state index contributed by atoms with van der Waals surface area (Å²) in [5.41, 5.74) is 6.21. The van der Waals surface area contributed by atoms with Crippen molar-refractivity contribution in [3.8, 4) is 11.4 Å². The summed E-state index contributed by atoms with van der Waals surface area (Å²) in [6.07, 6.45) is 0. The van der Waals surface area contributed by atoms with Gasteiger partial charge in [0.1, 0.15) is 17.0 Å². The number of pyridine rings is 1. The van der Waals surface area contributed by atoms with Crippen LogP contribution in [0.3, 0.4) is 0 Å². The van der Waals surface area contributed by atoms with E-state index in [1.807, 2.05) is 36.4 Å². The van der Waals surface area contributed by atoms with Gasteiger partial charge in [-0.1, -0.05) is 24.3 Å². The molecule has 0 aliphatic carbocycles. The summed E-state index contributed by atoms with van der Waals surface area (Å²) in [7, 11) is 0. The summed E-state index contributed by atoms with van der Waals surface area (Å²) < 4.78 is 2.01. The first kappa shape index (κ1) is 13.7. The van der Waals surface area contributed by atoms with Crippen molar-refractivity contribution in [3.63, 3.8) is 0 Å². The maximum atomic E-state index is 11.8. The van der Waals surface area contributed by atoms with Crippen LogP contribution in [0.5, 0.6) is 0 Å². The van der Waals surface area contributed by atoms with Gasteiger partial charge in [-0.2, -0.15) is 0 Å². The van der Waals surface area contributed by atoms with Gasteiger partial charge < -0.3 is 4.98 Å². The lowest BCUT2D eigenvalue weighted by molar-refractivity contribution is 1.10. The van der Waals surface area contributed by atoms with E-state index in [9.17, 15) is 4.79 Å². The summed E-state index contributed by atoms with van der Waals surface area (Å²) in [6.45, 7) is 6.00. The number of aryl methyl sites for hydroxylation is 3. The zero-order chi connectivity index (χ0) is 16.1. The molecule has 5 nitrogen and oxygen atoms in total. The third kappa shape index (κ3) is 1.97. The van der Waals surface area contributed by atoms with Gasteiger partial charge in [0.2, 0.25) is 5.56 Å². The molecule has 0 radical (unpaired) electrons. The number of H-pyrrole nitrogens is 1. The molecule has 23 heavy (non-hydrogen) atoms. The number of imidazole rings is 1. The number of hydrogen-bond donors (Lipinski definition) is 1. The molecule has 0 atom stereocenters. The molecule has 5 heteroatoms. The van der Waals surface area contributed by atoms with Crippen LogP contribution < -0.4 is 5.56 Å². The Bertz CT molecular complexity index is 1120. The third-order valence-corrected chi connectivity index (χ3v) is 4.17. The second-order valence-corrected chi connectivity index (χ2v) is 5.77. The fourth-order valence-electron chi connectivity index (χ4n) is 3.13. The van der Waals surface area contributed by atoms with Crippen LogP contribution in [0.4, 0.5) is 0 Å². The second kappa shape index (κ2) is 4.78. The predicted molar refractivity (Wildman–Crippen MR) is 90.8 cm³/mol. The lowest BCUT2D eigenvalue weighted by Crippen LogP contribution is -2.08. The molecule has 0 aliphatic rings. The van der Waals surface area contributed by atoms with Crippen LogP contribution in [0.2, 0.25) is 0 Å². The van der Waals surface area contributed by atoms with Gasteiger partial charge in [0, 0.05) is 11.6 Å².